The first-order chi connectivity index (χ1) is 15.5. The number of aryl methyl sites for hydroxylation is 1. The number of rotatable bonds is 6. The SMILES string of the molecule is Cn1ncc(NC(=O)c2cccc(COc3cccc(Br)c3)c2)c1C(=O)N1CCCCC1. The van der Waals surface area contributed by atoms with E-state index in [2.05, 4.69) is 26.3 Å². The van der Waals surface area contributed by atoms with Crippen LogP contribution in [0.25, 0.3) is 0 Å². The zero-order chi connectivity index (χ0) is 22.5. The molecule has 0 aliphatic carbocycles. The number of halogens is 1. The second-order valence-corrected chi connectivity index (χ2v) is 8.70. The minimum absolute atomic E-state index is 0.101. The van der Waals surface area contributed by atoms with Crippen molar-refractivity contribution in [2.75, 3.05) is 18.4 Å². The van der Waals surface area contributed by atoms with E-state index < -0.39 is 0 Å². The van der Waals surface area contributed by atoms with Gasteiger partial charge < -0.3 is 15.0 Å². The van der Waals surface area contributed by atoms with Gasteiger partial charge in [0.15, 0.2) is 0 Å². The molecule has 3 aromatic rings. The molecule has 1 aliphatic rings. The molecule has 0 spiro atoms. The van der Waals surface area contributed by atoms with Crippen LogP contribution >= 0.6 is 15.9 Å². The maximum atomic E-state index is 13.0. The zero-order valence-corrected chi connectivity index (χ0v) is 19.5. The van der Waals surface area contributed by atoms with Crippen molar-refractivity contribution >= 4 is 33.4 Å². The second kappa shape index (κ2) is 9.99. The molecule has 1 aliphatic heterocycles. The molecule has 0 atom stereocenters. The van der Waals surface area contributed by atoms with Crippen molar-refractivity contribution in [2.24, 2.45) is 7.05 Å². The Labute approximate surface area is 195 Å². The number of piperidine rings is 1. The van der Waals surface area contributed by atoms with Gasteiger partial charge >= 0.3 is 0 Å². The predicted molar refractivity (Wildman–Crippen MR) is 126 cm³/mol. The average Bonchev–Trinajstić information content (AvgIpc) is 3.17. The van der Waals surface area contributed by atoms with Crippen LogP contribution in [0.1, 0.15) is 45.7 Å². The van der Waals surface area contributed by atoms with Gasteiger partial charge in [-0.05, 0) is 55.2 Å². The number of hydrogen-bond acceptors (Lipinski definition) is 4. The second-order valence-electron chi connectivity index (χ2n) is 7.78. The van der Waals surface area contributed by atoms with Gasteiger partial charge in [-0.1, -0.05) is 34.1 Å². The highest BCUT2D eigenvalue weighted by molar-refractivity contribution is 9.10. The summed E-state index contributed by atoms with van der Waals surface area (Å²) in [6, 6.07) is 14.9. The summed E-state index contributed by atoms with van der Waals surface area (Å²) in [5, 5.41) is 7.06. The molecule has 0 bridgehead atoms. The molecule has 1 saturated heterocycles. The summed E-state index contributed by atoms with van der Waals surface area (Å²) >= 11 is 3.43. The number of carbonyl (C=O) groups is 2. The van der Waals surface area contributed by atoms with Crippen molar-refractivity contribution < 1.29 is 14.3 Å². The molecule has 1 N–H and O–H groups in total. The number of carbonyl (C=O) groups excluding carboxylic acids is 2. The van der Waals surface area contributed by atoms with Crippen LogP contribution in [0.5, 0.6) is 5.75 Å². The molecule has 7 nitrogen and oxygen atoms in total. The van der Waals surface area contributed by atoms with Gasteiger partial charge in [-0.2, -0.15) is 5.10 Å². The van der Waals surface area contributed by atoms with Crippen LogP contribution in [0.4, 0.5) is 5.69 Å². The van der Waals surface area contributed by atoms with Crippen LogP contribution in [0, 0.1) is 0 Å². The summed E-state index contributed by atoms with van der Waals surface area (Å²) in [5.74, 6) is 0.344. The van der Waals surface area contributed by atoms with Crippen molar-refractivity contribution in [3.63, 3.8) is 0 Å². The lowest BCUT2D eigenvalue weighted by atomic mass is 10.1. The zero-order valence-electron chi connectivity index (χ0n) is 17.9. The minimum Gasteiger partial charge on any atom is -0.489 e. The Morgan fingerprint density at radius 3 is 2.66 bits per heavy atom. The summed E-state index contributed by atoms with van der Waals surface area (Å²) in [7, 11) is 1.72. The molecule has 1 aromatic heterocycles. The molecule has 2 amide bonds. The number of amides is 2. The Hall–Kier alpha value is -3.13. The smallest absolute Gasteiger partial charge is 0.274 e. The Morgan fingerprint density at radius 2 is 1.88 bits per heavy atom. The highest BCUT2D eigenvalue weighted by Crippen LogP contribution is 2.22. The number of likely N-dealkylation sites (tertiary alicyclic amines) is 1. The number of benzene rings is 2. The van der Waals surface area contributed by atoms with E-state index in [0.29, 0.717) is 23.6 Å². The lowest BCUT2D eigenvalue weighted by Gasteiger charge is -2.27. The van der Waals surface area contributed by atoms with E-state index in [1.54, 1.807) is 19.2 Å². The third-order valence-electron chi connectivity index (χ3n) is 5.42. The Morgan fingerprint density at radius 1 is 1.09 bits per heavy atom. The number of nitrogens with one attached hydrogen (secondary N) is 1. The molecule has 2 aromatic carbocycles. The van der Waals surface area contributed by atoms with Gasteiger partial charge in [0.05, 0.1) is 11.9 Å². The summed E-state index contributed by atoms with van der Waals surface area (Å²) < 4.78 is 8.28. The van der Waals surface area contributed by atoms with E-state index in [4.69, 9.17) is 4.74 Å². The fraction of sp³-hybridized carbons (Fsp3) is 0.292. The first kappa shape index (κ1) is 22.1. The van der Waals surface area contributed by atoms with Crippen molar-refractivity contribution in [1.82, 2.24) is 14.7 Å². The molecule has 2 heterocycles. The van der Waals surface area contributed by atoms with Crippen LogP contribution in [-0.2, 0) is 13.7 Å². The predicted octanol–water partition coefficient (Wildman–Crippen LogP) is 4.64. The highest BCUT2D eigenvalue weighted by Gasteiger charge is 2.25. The Bertz CT molecular complexity index is 1120. The molecule has 0 saturated carbocycles. The molecule has 32 heavy (non-hydrogen) atoms. The van der Waals surface area contributed by atoms with E-state index in [1.165, 1.54) is 10.9 Å². The van der Waals surface area contributed by atoms with Crippen LogP contribution < -0.4 is 10.1 Å². The van der Waals surface area contributed by atoms with Gasteiger partial charge in [0.25, 0.3) is 11.8 Å². The molecule has 1 fully saturated rings. The topological polar surface area (TPSA) is 76.5 Å². The van der Waals surface area contributed by atoms with Crippen molar-refractivity contribution in [1.29, 1.82) is 0 Å². The van der Waals surface area contributed by atoms with Crippen LogP contribution in [0.3, 0.4) is 0 Å². The van der Waals surface area contributed by atoms with Gasteiger partial charge in [0.1, 0.15) is 18.1 Å². The number of ether oxygens (including phenoxy) is 1. The van der Waals surface area contributed by atoms with E-state index >= 15 is 0 Å². The molecule has 8 heteroatoms. The highest BCUT2D eigenvalue weighted by atomic mass is 79.9. The lowest BCUT2D eigenvalue weighted by Crippen LogP contribution is -2.37. The third kappa shape index (κ3) is 5.19. The maximum Gasteiger partial charge on any atom is 0.274 e. The maximum absolute atomic E-state index is 13.0. The normalized spacial score (nSPS) is 13.6. The van der Waals surface area contributed by atoms with Crippen LogP contribution in [0.15, 0.2) is 59.2 Å². The first-order valence-corrected chi connectivity index (χ1v) is 11.4. The summed E-state index contributed by atoms with van der Waals surface area (Å²) in [6.45, 7) is 1.80. The number of hydrogen-bond donors (Lipinski definition) is 1. The fourth-order valence-electron chi connectivity index (χ4n) is 3.75. The number of aromatic nitrogens is 2. The van der Waals surface area contributed by atoms with Crippen LogP contribution in [0.2, 0.25) is 0 Å². The largest absolute Gasteiger partial charge is 0.489 e. The number of nitrogens with zero attached hydrogens (tertiary/aromatic N) is 3. The van der Waals surface area contributed by atoms with E-state index in [9.17, 15) is 9.59 Å². The van der Waals surface area contributed by atoms with E-state index in [-0.39, 0.29) is 11.8 Å². The Balaban J connectivity index is 1.45. The molecule has 166 valence electrons. The van der Waals surface area contributed by atoms with Gasteiger partial charge in [0.2, 0.25) is 0 Å². The Kier molecular flexibility index (Phi) is 6.90. The standard InChI is InChI=1S/C24H25BrN4O3/c1-28-22(24(31)29-11-3-2-4-12-29)21(15-26-28)27-23(30)18-8-5-7-17(13-18)16-32-20-10-6-9-19(25)14-20/h5-10,13-15H,2-4,11-12,16H2,1H3,(H,27,30). The van der Waals surface area contributed by atoms with Crippen molar-refractivity contribution in [3.05, 3.63) is 76.0 Å². The molecule has 0 radical (unpaired) electrons. The van der Waals surface area contributed by atoms with Crippen molar-refractivity contribution in [2.45, 2.75) is 25.9 Å². The molecular weight excluding hydrogens is 472 g/mol. The van der Waals surface area contributed by atoms with Gasteiger partial charge in [-0.25, -0.2) is 0 Å². The van der Waals surface area contributed by atoms with E-state index in [1.807, 2.05) is 41.3 Å². The number of anilines is 1. The molecule has 4 rings (SSSR count). The van der Waals surface area contributed by atoms with Gasteiger partial charge in [0, 0.05) is 30.2 Å². The van der Waals surface area contributed by atoms with E-state index in [0.717, 1.165) is 48.1 Å². The van der Waals surface area contributed by atoms with Gasteiger partial charge in [-0.3, -0.25) is 14.3 Å². The monoisotopic (exact) mass is 496 g/mol. The lowest BCUT2D eigenvalue weighted by molar-refractivity contribution is 0.0714. The first-order valence-electron chi connectivity index (χ1n) is 10.6. The molecular formula is C24H25BrN4O3. The summed E-state index contributed by atoms with van der Waals surface area (Å²) in [6.07, 6.45) is 4.66. The average molecular weight is 497 g/mol. The summed E-state index contributed by atoms with van der Waals surface area (Å²) in [4.78, 5) is 27.8. The quantitative estimate of drug-likeness (QED) is 0.539. The summed E-state index contributed by atoms with van der Waals surface area (Å²) in [5.41, 5.74) is 2.17. The fourth-order valence-corrected chi connectivity index (χ4v) is 4.13. The third-order valence-corrected chi connectivity index (χ3v) is 5.92. The van der Waals surface area contributed by atoms with Gasteiger partial charge in [-0.15, -0.1) is 0 Å². The van der Waals surface area contributed by atoms with Crippen molar-refractivity contribution in [3.8, 4) is 5.75 Å². The molecule has 0 unspecified atom stereocenters. The minimum atomic E-state index is -0.296. The van der Waals surface area contributed by atoms with Crippen LogP contribution in [-0.4, -0.2) is 39.6 Å².